The Bertz CT molecular complexity index is 663. The van der Waals surface area contributed by atoms with Crippen LogP contribution in [0.25, 0.3) is 0 Å². The monoisotopic (exact) mass is 429 g/mol. The molecule has 4 heteroatoms. The molecule has 2 fully saturated rings. The summed E-state index contributed by atoms with van der Waals surface area (Å²) in [6.07, 6.45) is 9.11. The molecule has 31 heavy (non-hydrogen) atoms. The zero-order valence-electron chi connectivity index (χ0n) is 20.2. The lowest BCUT2D eigenvalue weighted by Crippen LogP contribution is -2.34. The summed E-state index contributed by atoms with van der Waals surface area (Å²) < 4.78 is 11.3. The maximum atomic E-state index is 11.5. The summed E-state index contributed by atoms with van der Waals surface area (Å²) >= 11 is 0. The third-order valence-corrected chi connectivity index (χ3v) is 7.30. The number of benzene rings is 1. The predicted octanol–water partition coefficient (Wildman–Crippen LogP) is 6.19. The summed E-state index contributed by atoms with van der Waals surface area (Å²) in [6, 6.07) is 8.90. The third kappa shape index (κ3) is 7.52. The van der Waals surface area contributed by atoms with Gasteiger partial charge < -0.3 is 14.4 Å². The second-order valence-corrected chi connectivity index (χ2v) is 10.6. The third-order valence-electron chi connectivity index (χ3n) is 7.30. The molecule has 0 unspecified atom stereocenters. The summed E-state index contributed by atoms with van der Waals surface area (Å²) in [5, 5.41) is 0. The number of esters is 1. The smallest absolute Gasteiger partial charge is 0.305 e. The van der Waals surface area contributed by atoms with Crippen molar-refractivity contribution in [2.24, 2.45) is 11.3 Å². The average molecular weight is 430 g/mol. The molecule has 1 aromatic rings. The highest BCUT2D eigenvalue weighted by Crippen LogP contribution is 2.39. The maximum absolute atomic E-state index is 11.5. The molecule has 1 saturated heterocycles. The van der Waals surface area contributed by atoms with Gasteiger partial charge in [0.15, 0.2) is 0 Å². The molecular formula is C27H43NO3. The van der Waals surface area contributed by atoms with Gasteiger partial charge in [-0.05, 0) is 106 Å². The number of ether oxygens (including phenoxy) is 2. The first-order valence-corrected chi connectivity index (χ1v) is 12.5. The van der Waals surface area contributed by atoms with Crippen molar-refractivity contribution in [1.82, 2.24) is 4.90 Å². The van der Waals surface area contributed by atoms with Crippen LogP contribution in [0.15, 0.2) is 24.3 Å². The van der Waals surface area contributed by atoms with Gasteiger partial charge in [-0.3, -0.25) is 4.79 Å². The molecule has 2 aliphatic rings. The normalized spacial score (nSPS) is 23.5. The first-order valence-electron chi connectivity index (χ1n) is 12.5. The van der Waals surface area contributed by atoms with Crippen molar-refractivity contribution < 1.29 is 14.3 Å². The Labute approximate surface area is 189 Å². The molecule has 0 bridgehead atoms. The van der Waals surface area contributed by atoms with Gasteiger partial charge >= 0.3 is 5.97 Å². The SMILES string of the molecule is CCOC(=O)CCCN1CCC(c2ccc(O[C@H]3CC[C@H](C(C)(C)C)CC3)cc2)CC1. The fourth-order valence-corrected chi connectivity index (χ4v) is 5.23. The standard InChI is InChI=1S/C27H43NO3/c1-5-30-26(29)7-6-18-28-19-16-22(17-20-28)21-8-12-24(13-9-21)31-25-14-10-23(11-15-25)27(2,3)4/h8-9,12-13,22-23,25H,5-7,10-11,14-20H2,1-4H3/t23-,25-. The zero-order valence-corrected chi connectivity index (χ0v) is 20.2. The summed E-state index contributed by atoms with van der Waals surface area (Å²) in [5.41, 5.74) is 1.86. The van der Waals surface area contributed by atoms with E-state index in [1.54, 1.807) is 0 Å². The lowest BCUT2D eigenvalue weighted by molar-refractivity contribution is -0.143. The molecule has 0 radical (unpaired) electrons. The summed E-state index contributed by atoms with van der Waals surface area (Å²) in [4.78, 5) is 14.0. The number of rotatable bonds is 8. The first-order chi connectivity index (χ1) is 14.8. The van der Waals surface area contributed by atoms with Crippen LogP contribution in [0.1, 0.15) is 90.5 Å². The van der Waals surface area contributed by atoms with Crippen molar-refractivity contribution in [2.45, 2.75) is 91.1 Å². The Morgan fingerprint density at radius 2 is 1.65 bits per heavy atom. The number of hydrogen-bond acceptors (Lipinski definition) is 4. The van der Waals surface area contributed by atoms with E-state index in [1.807, 2.05) is 6.92 Å². The second kappa shape index (κ2) is 11.4. The fraction of sp³-hybridized carbons (Fsp3) is 0.741. The Balaban J connectivity index is 1.38. The van der Waals surface area contributed by atoms with Crippen molar-refractivity contribution >= 4 is 5.97 Å². The number of hydrogen-bond donors (Lipinski definition) is 0. The molecule has 4 nitrogen and oxygen atoms in total. The molecule has 0 spiro atoms. The minimum atomic E-state index is -0.0676. The van der Waals surface area contributed by atoms with Crippen molar-refractivity contribution in [3.05, 3.63) is 29.8 Å². The van der Waals surface area contributed by atoms with Crippen LogP contribution < -0.4 is 4.74 Å². The molecule has 1 aliphatic carbocycles. The Kier molecular flexibility index (Phi) is 8.83. The zero-order chi connectivity index (χ0) is 22.3. The maximum Gasteiger partial charge on any atom is 0.305 e. The molecule has 0 amide bonds. The van der Waals surface area contributed by atoms with Crippen molar-refractivity contribution in [3.63, 3.8) is 0 Å². The minimum absolute atomic E-state index is 0.0676. The van der Waals surface area contributed by atoms with Crippen LogP contribution in [0.4, 0.5) is 0 Å². The van der Waals surface area contributed by atoms with E-state index in [2.05, 4.69) is 49.9 Å². The van der Waals surface area contributed by atoms with E-state index < -0.39 is 0 Å². The summed E-state index contributed by atoms with van der Waals surface area (Å²) in [5.74, 6) is 2.42. The van der Waals surface area contributed by atoms with Crippen LogP contribution in [0, 0.1) is 11.3 Å². The largest absolute Gasteiger partial charge is 0.490 e. The van der Waals surface area contributed by atoms with E-state index in [9.17, 15) is 4.79 Å². The van der Waals surface area contributed by atoms with Gasteiger partial charge in [-0.25, -0.2) is 0 Å². The topological polar surface area (TPSA) is 38.8 Å². The van der Waals surface area contributed by atoms with E-state index in [-0.39, 0.29) is 5.97 Å². The molecule has 1 aliphatic heterocycles. The number of piperidine rings is 1. The highest BCUT2D eigenvalue weighted by molar-refractivity contribution is 5.69. The summed E-state index contributed by atoms with van der Waals surface area (Å²) in [6.45, 7) is 12.7. The molecular weight excluding hydrogens is 386 g/mol. The lowest BCUT2D eigenvalue weighted by atomic mass is 9.72. The van der Waals surface area contributed by atoms with Gasteiger partial charge in [0.25, 0.3) is 0 Å². The number of carbonyl (C=O) groups excluding carboxylic acids is 1. The molecule has 0 N–H and O–H groups in total. The number of nitrogens with zero attached hydrogens (tertiary/aromatic N) is 1. The van der Waals surface area contributed by atoms with Crippen molar-refractivity contribution in [2.75, 3.05) is 26.2 Å². The van der Waals surface area contributed by atoms with Crippen LogP contribution >= 0.6 is 0 Å². The van der Waals surface area contributed by atoms with Gasteiger partial charge in [0, 0.05) is 6.42 Å². The quantitative estimate of drug-likeness (QED) is 0.462. The minimum Gasteiger partial charge on any atom is -0.490 e. The van der Waals surface area contributed by atoms with Gasteiger partial charge in [0.05, 0.1) is 12.7 Å². The van der Waals surface area contributed by atoms with E-state index in [4.69, 9.17) is 9.47 Å². The molecule has 1 saturated carbocycles. The Hall–Kier alpha value is -1.55. The lowest BCUT2D eigenvalue weighted by Gasteiger charge is -2.37. The van der Waals surface area contributed by atoms with Crippen LogP contribution in [0.3, 0.4) is 0 Å². The Morgan fingerprint density at radius 3 is 2.23 bits per heavy atom. The van der Waals surface area contributed by atoms with E-state index in [0.29, 0.717) is 30.5 Å². The first kappa shape index (κ1) is 24.1. The van der Waals surface area contributed by atoms with E-state index >= 15 is 0 Å². The highest BCUT2D eigenvalue weighted by atomic mass is 16.5. The second-order valence-electron chi connectivity index (χ2n) is 10.6. The van der Waals surface area contributed by atoms with Crippen molar-refractivity contribution in [3.8, 4) is 5.75 Å². The van der Waals surface area contributed by atoms with Gasteiger partial charge in [-0.2, -0.15) is 0 Å². The van der Waals surface area contributed by atoms with Crippen molar-refractivity contribution in [1.29, 1.82) is 0 Å². The fourth-order valence-electron chi connectivity index (χ4n) is 5.23. The molecule has 0 aromatic heterocycles. The van der Waals surface area contributed by atoms with Gasteiger partial charge in [0.2, 0.25) is 0 Å². The van der Waals surface area contributed by atoms with Crippen LogP contribution in [-0.2, 0) is 9.53 Å². The molecule has 174 valence electrons. The van der Waals surface area contributed by atoms with Gasteiger partial charge in [0.1, 0.15) is 5.75 Å². The summed E-state index contributed by atoms with van der Waals surface area (Å²) in [7, 11) is 0. The van der Waals surface area contributed by atoms with Crippen LogP contribution in [0.2, 0.25) is 0 Å². The molecule has 1 aromatic carbocycles. The van der Waals surface area contributed by atoms with Crippen LogP contribution in [-0.4, -0.2) is 43.2 Å². The van der Waals surface area contributed by atoms with E-state index in [0.717, 1.165) is 37.7 Å². The Morgan fingerprint density at radius 1 is 1.00 bits per heavy atom. The highest BCUT2D eigenvalue weighted by Gasteiger charge is 2.30. The van der Waals surface area contributed by atoms with Crippen LogP contribution in [0.5, 0.6) is 5.75 Å². The average Bonchev–Trinajstić information content (AvgIpc) is 2.75. The van der Waals surface area contributed by atoms with Gasteiger partial charge in [-0.15, -0.1) is 0 Å². The predicted molar refractivity (Wildman–Crippen MR) is 127 cm³/mol. The molecule has 3 rings (SSSR count). The number of likely N-dealkylation sites (tertiary alicyclic amines) is 1. The number of carbonyl (C=O) groups is 1. The molecule has 0 atom stereocenters. The van der Waals surface area contributed by atoms with E-state index in [1.165, 1.54) is 44.1 Å². The van der Waals surface area contributed by atoms with Gasteiger partial charge in [-0.1, -0.05) is 32.9 Å². The molecule has 1 heterocycles.